The topological polar surface area (TPSA) is 58.2 Å². The van der Waals surface area contributed by atoms with Gasteiger partial charge in [0, 0.05) is 12.0 Å². The third-order valence-electron chi connectivity index (χ3n) is 3.89. The Bertz CT molecular complexity index is 711. The summed E-state index contributed by atoms with van der Waals surface area (Å²) >= 11 is 0. The fourth-order valence-electron chi connectivity index (χ4n) is 2.55. The van der Waals surface area contributed by atoms with E-state index in [1.807, 2.05) is 60.7 Å². The minimum atomic E-state index is -0.348. The molecule has 2 aromatic carbocycles. The Labute approximate surface area is 135 Å². The number of amides is 2. The number of rotatable bonds is 4. The lowest BCUT2D eigenvalue weighted by Crippen LogP contribution is -2.41. The van der Waals surface area contributed by atoms with E-state index in [9.17, 15) is 9.59 Å². The minimum absolute atomic E-state index is 0.0594. The van der Waals surface area contributed by atoms with E-state index in [1.165, 1.54) is 11.6 Å². The second kappa shape index (κ2) is 6.92. The zero-order valence-corrected chi connectivity index (χ0v) is 12.6. The molecule has 0 saturated heterocycles. The first-order valence-corrected chi connectivity index (χ1v) is 7.62. The van der Waals surface area contributed by atoms with Crippen LogP contribution in [-0.4, -0.2) is 11.8 Å². The quantitative estimate of drug-likeness (QED) is 0.674. The highest BCUT2D eigenvalue weighted by Crippen LogP contribution is 2.47. The fourth-order valence-corrected chi connectivity index (χ4v) is 2.55. The van der Waals surface area contributed by atoms with Crippen molar-refractivity contribution in [2.45, 2.75) is 12.3 Å². The number of hydrazine groups is 1. The summed E-state index contributed by atoms with van der Waals surface area (Å²) in [5.74, 6) is -0.289. The molecular weight excluding hydrogens is 288 g/mol. The van der Waals surface area contributed by atoms with Crippen molar-refractivity contribution in [2.75, 3.05) is 0 Å². The summed E-state index contributed by atoms with van der Waals surface area (Å²) < 4.78 is 0. The molecule has 0 spiro atoms. The van der Waals surface area contributed by atoms with Gasteiger partial charge in [0.15, 0.2) is 0 Å². The van der Waals surface area contributed by atoms with Gasteiger partial charge in [-0.2, -0.15) is 0 Å². The molecule has 0 heterocycles. The van der Waals surface area contributed by atoms with Crippen LogP contribution in [0.3, 0.4) is 0 Å². The Hall–Kier alpha value is -2.88. The van der Waals surface area contributed by atoms with E-state index in [1.54, 1.807) is 6.08 Å². The van der Waals surface area contributed by atoms with Crippen LogP contribution >= 0.6 is 0 Å². The van der Waals surface area contributed by atoms with Crippen LogP contribution in [0.15, 0.2) is 66.7 Å². The second-order valence-electron chi connectivity index (χ2n) is 5.58. The van der Waals surface area contributed by atoms with Gasteiger partial charge in [0.25, 0.3) is 5.91 Å². The molecular formula is C19H18N2O2. The van der Waals surface area contributed by atoms with Crippen molar-refractivity contribution in [3.05, 3.63) is 77.9 Å². The molecule has 2 N–H and O–H groups in total. The zero-order chi connectivity index (χ0) is 16.1. The predicted molar refractivity (Wildman–Crippen MR) is 89.1 cm³/mol. The molecule has 2 aromatic rings. The van der Waals surface area contributed by atoms with Crippen LogP contribution in [0, 0.1) is 5.92 Å². The molecule has 0 aliphatic heterocycles. The van der Waals surface area contributed by atoms with Crippen LogP contribution in [0.1, 0.15) is 23.5 Å². The third kappa shape index (κ3) is 4.07. The highest BCUT2D eigenvalue weighted by atomic mass is 16.2. The Morgan fingerprint density at radius 3 is 2.26 bits per heavy atom. The largest absolute Gasteiger partial charge is 0.273 e. The molecule has 1 aliphatic carbocycles. The first kappa shape index (κ1) is 15.0. The summed E-state index contributed by atoms with van der Waals surface area (Å²) in [6.07, 6.45) is 3.92. The predicted octanol–water partition coefficient (Wildman–Crippen LogP) is 2.65. The van der Waals surface area contributed by atoms with Crippen molar-refractivity contribution in [1.82, 2.24) is 10.9 Å². The van der Waals surface area contributed by atoms with Gasteiger partial charge in [0.05, 0.1) is 0 Å². The molecule has 23 heavy (non-hydrogen) atoms. The lowest BCUT2D eigenvalue weighted by Gasteiger charge is -2.05. The van der Waals surface area contributed by atoms with E-state index in [-0.39, 0.29) is 23.7 Å². The number of hydrogen-bond acceptors (Lipinski definition) is 2. The molecule has 116 valence electrons. The van der Waals surface area contributed by atoms with Gasteiger partial charge < -0.3 is 0 Å². The van der Waals surface area contributed by atoms with Crippen LogP contribution in [0.2, 0.25) is 0 Å². The van der Waals surface area contributed by atoms with Gasteiger partial charge in [0.1, 0.15) is 0 Å². The fraction of sp³-hybridized carbons (Fsp3) is 0.158. The smallest absolute Gasteiger partial charge is 0.262 e. The Morgan fingerprint density at radius 2 is 1.57 bits per heavy atom. The summed E-state index contributed by atoms with van der Waals surface area (Å²) in [7, 11) is 0. The van der Waals surface area contributed by atoms with Crippen LogP contribution in [-0.2, 0) is 9.59 Å². The van der Waals surface area contributed by atoms with Gasteiger partial charge in [-0.25, -0.2) is 0 Å². The van der Waals surface area contributed by atoms with E-state index in [0.717, 1.165) is 12.0 Å². The molecule has 1 aliphatic rings. The van der Waals surface area contributed by atoms with Gasteiger partial charge in [-0.05, 0) is 29.5 Å². The monoisotopic (exact) mass is 306 g/mol. The van der Waals surface area contributed by atoms with Crippen molar-refractivity contribution >= 4 is 17.9 Å². The van der Waals surface area contributed by atoms with Crippen LogP contribution < -0.4 is 10.9 Å². The molecule has 0 bridgehead atoms. The maximum atomic E-state index is 12.0. The molecule has 1 saturated carbocycles. The normalized spacial score (nSPS) is 19.3. The zero-order valence-electron chi connectivity index (χ0n) is 12.6. The molecule has 4 nitrogen and oxygen atoms in total. The molecule has 2 atom stereocenters. The van der Waals surface area contributed by atoms with Gasteiger partial charge >= 0.3 is 0 Å². The maximum absolute atomic E-state index is 12.0. The van der Waals surface area contributed by atoms with Gasteiger partial charge in [0.2, 0.25) is 5.91 Å². The highest BCUT2D eigenvalue weighted by molar-refractivity contribution is 5.93. The number of benzene rings is 2. The van der Waals surface area contributed by atoms with Crippen molar-refractivity contribution in [1.29, 1.82) is 0 Å². The van der Waals surface area contributed by atoms with Crippen molar-refractivity contribution < 1.29 is 9.59 Å². The lowest BCUT2D eigenvalue weighted by molar-refractivity contribution is -0.127. The van der Waals surface area contributed by atoms with E-state index in [2.05, 4.69) is 10.9 Å². The Balaban J connectivity index is 1.45. The van der Waals surface area contributed by atoms with Crippen molar-refractivity contribution in [3.8, 4) is 0 Å². The number of carbonyl (C=O) groups is 2. The summed E-state index contributed by atoms with van der Waals surface area (Å²) in [5.41, 5.74) is 7.01. The van der Waals surface area contributed by atoms with Gasteiger partial charge in [-0.1, -0.05) is 60.7 Å². The van der Waals surface area contributed by atoms with Gasteiger partial charge in [-0.3, -0.25) is 20.4 Å². The third-order valence-corrected chi connectivity index (χ3v) is 3.89. The first-order chi connectivity index (χ1) is 11.2. The SMILES string of the molecule is O=C(/C=C/c1ccccc1)NNC(=O)[C@@H]1C[C@@H]1c1ccccc1. The second-order valence-corrected chi connectivity index (χ2v) is 5.58. The van der Waals surface area contributed by atoms with E-state index >= 15 is 0 Å². The van der Waals surface area contributed by atoms with Crippen LogP contribution in [0.25, 0.3) is 6.08 Å². The first-order valence-electron chi connectivity index (χ1n) is 7.62. The van der Waals surface area contributed by atoms with E-state index in [4.69, 9.17) is 0 Å². The average Bonchev–Trinajstić information content (AvgIpc) is 3.40. The maximum Gasteiger partial charge on any atom is 0.262 e. The molecule has 4 heteroatoms. The molecule has 2 amide bonds. The molecule has 3 rings (SSSR count). The summed E-state index contributed by atoms with van der Waals surface area (Å²) in [5, 5.41) is 0. The van der Waals surface area contributed by atoms with Gasteiger partial charge in [-0.15, -0.1) is 0 Å². The van der Waals surface area contributed by atoms with E-state index < -0.39 is 0 Å². The number of nitrogens with one attached hydrogen (secondary N) is 2. The average molecular weight is 306 g/mol. The van der Waals surface area contributed by atoms with Crippen LogP contribution in [0.5, 0.6) is 0 Å². The van der Waals surface area contributed by atoms with Crippen LogP contribution in [0.4, 0.5) is 0 Å². The van der Waals surface area contributed by atoms with Crippen molar-refractivity contribution in [2.24, 2.45) is 5.92 Å². The minimum Gasteiger partial charge on any atom is -0.273 e. The molecule has 0 unspecified atom stereocenters. The van der Waals surface area contributed by atoms with Crippen molar-refractivity contribution in [3.63, 3.8) is 0 Å². The number of hydrogen-bond donors (Lipinski definition) is 2. The summed E-state index contributed by atoms with van der Waals surface area (Å²) in [6.45, 7) is 0. The van der Waals surface area contributed by atoms with E-state index in [0.29, 0.717) is 0 Å². The standard InChI is InChI=1S/C19H18N2O2/c22-18(12-11-14-7-3-1-4-8-14)20-21-19(23)17-13-16(17)15-9-5-2-6-10-15/h1-12,16-17H,13H2,(H,20,22)(H,21,23)/b12-11+/t16-,17-/m1/s1. The number of carbonyl (C=O) groups excluding carboxylic acids is 2. The molecule has 0 radical (unpaired) electrons. The highest BCUT2D eigenvalue weighted by Gasteiger charge is 2.43. The Kier molecular flexibility index (Phi) is 4.52. The molecule has 1 fully saturated rings. The molecule has 0 aromatic heterocycles. The lowest BCUT2D eigenvalue weighted by atomic mass is 10.1. The summed E-state index contributed by atoms with van der Waals surface area (Å²) in [6, 6.07) is 19.5. The Morgan fingerprint density at radius 1 is 0.913 bits per heavy atom. The summed E-state index contributed by atoms with van der Waals surface area (Å²) in [4.78, 5) is 23.7.